The SMILES string of the molecule is C[C@H](OC(=O)NCCC(F)(F)F)C(=O)N[C@@H]1C(=O)N(CCO)c2ccccc2-c2ccccc21. The molecule has 3 amide bonds. The van der Waals surface area contributed by atoms with E-state index in [1.54, 1.807) is 36.4 Å². The van der Waals surface area contributed by atoms with Crippen LogP contribution in [-0.4, -0.2) is 55.0 Å². The topological polar surface area (TPSA) is 108 Å². The van der Waals surface area contributed by atoms with Crippen LogP contribution in [0.4, 0.5) is 23.7 Å². The third kappa shape index (κ3) is 5.84. The molecule has 0 unspecified atom stereocenters. The average Bonchev–Trinajstić information content (AvgIpc) is 2.88. The number of β-amino-alcohol motifs (C(OH)–C–C–N with tert-alkyl or cyclic N) is 1. The summed E-state index contributed by atoms with van der Waals surface area (Å²) < 4.78 is 41.5. The van der Waals surface area contributed by atoms with Crippen LogP contribution in [-0.2, 0) is 14.3 Å². The highest BCUT2D eigenvalue weighted by molar-refractivity contribution is 6.06. The first-order valence-electron chi connectivity index (χ1n) is 10.5. The third-order valence-electron chi connectivity index (χ3n) is 5.21. The summed E-state index contributed by atoms with van der Waals surface area (Å²) in [5, 5.41) is 14.0. The molecule has 2 aromatic rings. The maximum atomic E-state index is 13.4. The van der Waals surface area contributed by atoms with E-state index in [9.17, 15) is 32.7 Å². The summed E-state index contributed by atoms with van der Waals surface area (Å²) >= 11 is 0. The Bertz CT molecular complexity index is 1060. The molecule has 3 rings (SSSR count). The largest absolute Gasteiger partial charge is 0.436 e. The molecule has 34 heavy (non-hydrogen) atoms. The van der Waals surface area contributed by atoms with Crippen molar-refractivity contribution in [3.8, 4) is 11.1 Å². The molecule has 0 bridgehead atoms. The van der Waals surface area contributed by atoms with Gasteiger partial charge in [-0.25, -0.2) is 4.79 Å². The van der Waals surface area contributed by atoms with Crippen LogP contribution >= 0.6 is 0 Å². The van der Waals surface area contributed by atoms with Gasteiger partial charge in [0.05, 0.1) is 18.7 Å². The number of anilines is 1. The molecule has 2 atom stereocenters. The Balaban J connectivity index is 1.80. The number of alkyl halides is 3. The lowest BCUT2D eigenvalue weighted by Crippen LogP contribution is -2.47. The molecule has 0 fully saturated rings. The van der Waals surface area contributed by atoms with Crippen molar-refractivity contribution >= 4 is 23.6 Å². The number of alkyl carbamates (subject to hydrolysis) is 1. The minimum Gasteiger partial charge on any atom is -0.436 e. The Morgan fingerprint density at radius 1 is 1.12 bits per heavy atom. The normalized spacial score (nSPS) is 16.1. The van der Waals surface area contributed by atoms with E-state index < -0.39 is 49.2 Å². The molecule has 0 radical (unpaired) electrons. The van der Waals surface area contributed by atoms with E-state index in [2.05, 4.69) is 5.32 Å². The maximum absolute atomic E-state index is 13.4. The molecule has 2 aromatic carbocycles. The number of ether oxygens (including phenoxy) is 1. The first-order chi connectivity index (χ1) is 16.1. The molecule has 182 valence electrons. The molecule has 0 spiro atoms. The number of fused-ring (bicyclic) bond motifs is 3. The number of aliphatic hydroxyl groups is 1. The van der Waals surface area contributed by atoms with E-state index in [4.69, 9.17) is 4.74 Å². The van der Waals surface area contributed by atoms with E-state index in [1.165, 1.54) is 11.8 Å². The van der Waals surface area contributed by atoms with E-state index in [0.29, 0.717) is 16.8 Å². The fourth-order valence-electron chi connectivity index (χ4n) is 3.63. The summed E-state index contributed by atoms with van der Waals surface area (Å²) in [7, 11) is 0. The fraction of sp³-hybridized carbons (Fsp3) is 0.348. The van der Waals surface area contributed by atoms with E-state index in [1.807, 2.05) is 17.4 Å². The van der Waals surface area contributed by atoms with Crippen molar-refractivity contribution in [1.82, 2.24) is 10.6 Å². The van der Waals surface area contributed by atoms with Gasteiger partial charge in [0.25, 0.3) is 11.8 Å². The number of aliphatic hydroxyl groups excluding tert-OH is 1. The summed E-state index contributed by atoms with van der Waals surface area (Å²) in [6.07, 6.45) is -8.25. The molecule has 0 saturated carbocycles. The number of carbonyl (C=O) groups excluding carboxylic acids is 3. The van der Waals surface area contributed by atoms with Gasteiger partial charge in [-0.3, -0.25) is 9.59 Å². The lowest BCUT2D eigenvalue weighted by molar-refractivity contribution is -0.134. The van der Waals surface area contributed by atoms with Gasteiger partial charge in [-0.15, -0.1) is 0 Å². The molecule has 0 aromatic heterocycles. The highest BCUT2D eigenvalue weighted by Gasteiger charge is 2.36. The predicted molar refractivity (Wildman–Crippen MR) is 117 cm³/mol. The van der Waals surface area contributed by atoms with Crippen molar-refractivity contribution in [2.45, 2.75) is 31.7 Å². The van der Waals surface area contributed by atoms with Gasteiger partial charge in [0.1, 0.15) is 6.04 Å². The molecule has 0 aliphatic carbocycles. The number of nitrogens with zero attached hydrogens (tertiary/aromatic N) is 1. The summed E-state index contributed by atoms with van der Waals surface area (Å²) in [6, 6.07) is 13.0. The number of carbonyl (C=O) groups is 3. The predicted octanol–water partition coefficient (Wildman–Crippen LogP) is 2.92. The van der Waals surface area contributed by atoms with Crippen LogP contribution in [0.25, 0.3) is 11.1 Å². The van der Waals surface area contributed by atoms with Gasteiger partial charge in [0.2, 0.25) is 0 Å². The summed E-state index contributed by atoms with van der Waals surface area (Å²) in [6.45, 7) is 0.226. The van der Waals surface area contributed by atoms with Crippen LogP contribution in [0, 0.1) is 0 Å². The monoisotopic (exact) mass is 479 g/mol. The van der Waals surface area contributed by atoms with Crippen molar-refractivity contribution < 1.29 is 37.4 Å². The number of hydrogen-bond donors (Lipinski definition) is 3. The average molecular weight is 479 g/mol. The zero-order chi connectivity index (χ0) is 24.9. The van der Waals surface area contributed by atoms with Crippen molar-refractivity contribution in [2.75, 3.05) is 24.6 Å². The molecule has 3 N–H and O–H groups in total. The molecular weight excluding hydrogens is 455 g/mol. The Labute approximate surface area is 193 Å². The zero-order valence-corrected chi connectivity index (χ0v) is 18.3. The Kier molecular flexibility index (Phi) is 7.77. The van der Waals surface area contributed by atoms with Gasteiger partial charge in [-0.1, -0.05) is 42.5 Å². The molecule has 1 aliphatic rings. The number of halogens is 3. The van der Waals surface area contributed by atoms with Gasteiger partial charge in [-0.2, -0.15) is 13.2 Å². The highest BCUT2D eigenvalue weighted by atomic mass is 19.4. The van der Waals surface area contributed by atoms with E-state index >= 15 is 0 Å². The molecule has 8 nitrogen and oxygen atoms in total. The lowest BCUT2D eigenvalue weighted by Gasteiger charge is -2.26. The van der Waals surface area contributed by atoms with Crippen molar-refractivity contribution in [3.05, 3.63) is 54.1 Å². The standard InChI is InChI=1S/C23H24F3N3O5/c1-14(34-22(33)27-11-10-23(24,25)26)20(31)28-19-17-8-3-2-6-15(17)16-7-4-5-9-18(16)29(12-13-30)21(19)32/h2-9,14,19,30H,10-13H2,1H3,(H,27,33)(H,28,31)/t14-,19-/m0/s1. The van der Waals surface area contributed by atoms with Crippen LogP contribution in [0.1, 0.15) is 24.9 Å². The van der Waals surface area contributed by atoms with Crippen LogP contribution in [0.2, 0.25) is 0 Å². The van der Waals surface area contributed by atoms with E-state index in [0.717, 1.165) is 5.56 Å². The van der Waals surface area contributed by atoms with Crippen LogP contribution in [0.15, 0.2) is 48.5 Å². The fourth-order valence-corrected chi connectivity index (χ4v) is 3.63. The minimum absolute atomic E-state index is 0.0100. The summed E-state index contributed by atoms with van der Waals surface area (Å²) in [5.74, 6) is -1.31. The summed E-state index contributed by atoms with van der Waals surface area (Å²) in [5.41, 5.74) is 2.52. The number of rotatable bonds is 7. The number of hydrogen-bond acceptors (Lipinski definition) is 5. The van der Waals surface area contributed by atoms with Gasteiger partial charge < -0.3 is 25.4 Å². The van der Waals surface area contributed by atoms with Crippen LogP contribution in [0.5, 0.6) is 0 Å². The Morgan fingerprint density at radius 3 is 2.44 bits per heavy atom. The molecule has 0 saturated heterocycles. The van der Waals surface area contributed by atoms with Gasteiger partial charge in [-0.05, 0) is 24.1 Å². The summed E-state index contributed by atoms with van der Waals surface area (Å²) in [4.78, 5) is 39.3. The van der Waals surface area contributed by atoms with Crippen molar-refractivity contribution in [2.24, 2.45) is 0 Å². The zero-order valence-electron chi connectivity index (χ0n) is 18.3. The second-order valence-electron chi connectivity index (χ2n) is 7.60. The number of amides is 3. The van der Waals surface area contributed by atoms with Crippen molar-refractivity contribution in [1.29, 1.82) is 0 Å². The van der Waals surface area contributed by atoms with Gasteiger partial charge in [0, 0.05) is 18.7 Å². The first kappa shape index (κ1) is 25.0. The van der Waals surface area contributed by atoms with Crippen molar-refractivity contribution in [3.63, 3.8) is 0 Å². The second kappa shape index (κ2) is 10.6. The molecule has 1 heterocycles. The third-order valence-corrected chi connectivity index (χ3v) is 5.21. The lowest BCUT2D eigenvalue weighted by atomic mass is 9.95. The number of para-hydroxylation sites is 1. The maximum Gasteiger partial charge on any atom is 0.407 e. The molecule has 1 aliphatic heterocycles. The minimum atomic E-state index is -4.44. The van der Waals surface area contributed by atoms with Gasteiger partial charge >= 0.3 is 12.3 Å². The number of nitrogens with one attached hydrogen (secondary N) is 2. The first-order valence-corrected chi connectivity index (χ1v) is 10.5. The quantitative estimate of drug-likeness (QED) is 0.566. The Morgan fingerprint density at radius 2 is 1.76 bits per heavy atom. The van der Waals surface area contributed by atoms with Crippen LogP contribution < -0.4 is 15.5 Å². The van der Waals surface area contributed by atoms with Gasteiger partial charge in [0.15, 0.2) is 6.10 Å². The van der Waals surface area contributed by atoms with Crippen LogP contribution in [0.3, 0.4) is 0 Å². The smallest absolute Gasteiger partial charge is 0.407 e. The van der Waals surface area contributed by atoms with E-state index in [-0.39, 0.29) is 13.2 Å². The number of benzene rings is 2. The second-order valence-corrected chi connectivity index (χ2v) is 7.60. The highest BCUT2D eigenvalue weighted by Crippen LogP contribution is 2.40. The molecular formula is C23H24F3N3O5. The molecule has 11 heteroatoms. The Hall–Kier alpha value is -3.60.